The number of aliphatic carboxylic acids is 1. The van der Waals surface area contributed by atoms with Crippen molar-refractivity contribution < 1.29 is 14.7 Å². The van der Waals surface area contributed by atoms with Crippen molar-refractivity contribution in [2.45, 2.75) is 65.3 Å². The number of rotatable bonds is 9. The number of carbonyl (C=O) groups is 2. The Morgan fingerprint density at radius 2 is 1.76 bits per heavy atom. The van der Waals surface area contributed by atoms with Crippen LogP contribution < -0.4 is 0 Å². The zero-order valence-electron chi connectivity index (χ0n) is 11.2. The average Bonchev–Trinajstić information content (AvgIpc) is 2.26. The van der Waals surface area contributed by atoms with Crippen molar-refractivity contribution in [3.8, 4) is 0 Å². The maximum absolute atomic E-state index is 11.4. The summed E-state index contributed by atoms with van der Waals surface area (Å²) in [7, 11) is 0. The molecule has 100 valence electrons. The van der Waals surface area contributed by atoms with E-state index < -0.39 is 12.0 Å². The fraction of sp³-hybridized carbons (Fsp3) is 0.846. The maximum Gasteiger partial charge on any atom is 0.326 e. The number of nitrogens with zero attached hydrogens (tertiary/aromatic N) is 1. The second kappa shape index (κ2) is 9.02. The van der Waals surface area contributed by atoms with Gasteiger partial charge in [0.05, 0.1) is 0 Å². The van der Waals surface area contributed by atoms with Crippen LogP contribution in [0.5, 0.6) is 0 Å². The first-order valence-electron chi connectivity index (χ1n) is 6.54. The van der Waals surface area contributed by atoms with Crippen LogP contribution in [0.2, 0.25) is 0 Å². The molecule has 1 amide bonds. The number of carbonyl (C=O) groups excluding carboxylic acids is 1. The highest BCUT2D eigenvalue weighted by Gasteiger charge is 2.26. The highest BCUT2D eigenvalue weighted by atomic mass is 16.4. The molecule has 0 radical (unpaired) electrons. The summed E-state index contributed by atoms with van der Waals surface area (Å²) < 4.78 is 0. The Bertz CT molecular complexity index is 241. The standard InChI is InChI=1S/C13H25NO3/c1-4-6-7-8-9-12(13(16)17)14(10-5-2)11(3)15/h12H,4-10H2,1-3H3,(H,16,17). The topological polar surface area (TPSA) is 57.6 Å². The molecule has 17 heavy (non-hydrogen) atoms. The van der Waals surface area contributed by atoms with Crippen molar-refractivity contribution in [2.24, 2.45) is 0 Å². The van der Waals surface area contributed by atoms with Gasteiger partial charge in [-0.3, -0.25) is 4.79 Å². The van der Waals surface area contributed by atoms with Crippen molar-refractivity contribution >= 4 is 11.9 Å². The van der Waals surface area contributed by atoms with E-state index in [-0.39, 0.29) is 5.91 Å². The van der Waals surface area contributed by atoms with Crippen LogP contribution in [0, 0.1) is 0 Å². The van der Waals surface area contributed by atoms with E-state index in [2.05, 4.69) is 6.92 Å². The van der Waals surface area contributed by atoms with Gasteiger partial charge in [-0.25, -0.2) is 4.79 Å². The van der Waals surface area contributed by atoms with Crippen molar-refractivity contribution in [2.75, 3.05) is 6.54 Å². The number of hydrogen-bond donors (Lipinski definition) is 1. The van der Waals surface area contributed by atoms with E-state index in [0.29, 0.717) is 13.0 Å². The molecule has 0 aliphatic carbocycles. The van der Waals surface area contributed by atoms with Crippen LogP contribution >= 0.6 is 0 Å². The highest BCUT2D eigenvalue weighted by molar-refractivity contribution is 5.82. The van der Waals surface area contributed by atoms with Crippen molar-refractivity contribution in [3.63, 3.8) is 0 Å². The monoisotopic (exact) mass is 243 g/mol. The van der Waals surface area contributed by atoms with Crippen LogP contribution in [0.15, 0.2) is 0 Å². The predicted molar refractivity (Wildman–Crippen MR) is 67.9 cm³/mol. The van der Waals surface area contributed by atoms with Crippen LogP contribution in [0.25, 0.3) is 0 Å². The first-order valence-corrected chi connectivity index (χ1v) is 6.54. The van der Waals surface area contributed by atoms with Gasteiger partial charge in [0.25, 0.3) is 0 Å². The number of unbranched alkanes of at least 4 members (excludes halogenated alkanes) is 3. The number of carboxylic acids is 1. The van der Waals surface area contributed by atoms with Gasteiger partial charge in [-0.15, -0.1) is 0 Å². The molecule has 1 atom stereocenters. The van der Waals surface area contributed by atoms with E-state index in [1.165, 1.54) is 11.8 Å². The van der Waals surface area contributed by atoms with Crippen molar-refractivity contribution in [1.82, 2.24) is 4.90 Å². The molecule has 0 heterocycles. The second-order valence-electron chi connectivity index (χ2n) is 4.42. The molecule has 0 fully saturated rings. The van der Waals surface area contributed by atoms with Crippen molar-refractivity contribution in [1.29, 1.82) is 0 Å². The van der Waals surface area contributed by atoms with Gasteiger partial charge in [0.1, 0.15) is 6.04 Å². The largest absolute Gasteiger partial charge is 0.480 e. The molecule has 0 saturated heterocycles. The van der Waals surface area contributed by atoms with E-state index in [0.717, 1.165) is 32.1 Å². The molecule has 4 nitrogen and oxygen atoms in total. The molecule has 0 aromatic rings. The van der Waals surface area contributed by atoms with E-state index in [1.807, 2.05) is 6.92 Å². The van der Waals surface area contributed by atoms with Crippen LogP contribution in [-0.4, -0.2) is 34.5 Å². The summed E-state index contributed by atoms with van der Waals surface area (Å²) in [5, 5.41) is 9.18. The minimum atomic E-state index is -0.884. The lowest BCUT2D eigenvalue weighted by atomic mass is 10.1. The molecular formula is C13H25NO3. The maximum atomic E-state index is 11.4. The molecule has 0 aromatic heterocycles. The highest BCUT2D eigenvalue weighted by Crippen LogP contribution is 2.12. The lowest BCUT2D eigenvalue weighted by molar-refractivity contribution is -0.149. The normalized spacial score (nSPS) is 12.2. The summed E-state index contributed by atoms with van der Waals surface area (Å²) in [6.45, 7) is 6.04. The Morgan fingerprint density at radius 3 is 2.18 bits per heavy atom. The summed E-state index contributed by atoms with van der Waals surface area (Å²) >= 11 is 0. The molecular weight excluding hydrogens is 218 g/mol. The fourth-order valence-electron chi connectivity index (χ4n) is 1.95. The summed E-state index contributed by atoms with van der Waals surface area (Å²) in [4.78, 5) is 24.1. The number of amides is 1. The zero-order valence-corrected chi connectivity index (χ0v) is 11.2. The Kier molecular flexibility index (Phi) is 8.46. The van der Waals surface area contributed by atoms with Gasteiger partial charge in [-0.2, -0.15) is 0 Å². The van der Waals surface area contributed by atoms with Gasteiger partial charge in [-0.05, 0) is 12.8 Å². The van der Waals surface area contributed by atoms with Crippen LogP contribution in [0.4, 0.5) is 0 Å². The molecule has 0 aliphatic heterocycles. The minimum absolute atomic E-state index is 0.144. The first-order chi connectivity index (χ1) is 8.04. The third kappa shape index (κ3) is 6.29. The lowest BCUT2D eigenvalue weighted by Gasteiger charge is -2.27. The summed E-state index contributed by atoms with van der Waals surface area (Å²) in [6.07, 6.45) is 5.52. The van der Waals surface area contributed by atoms with E-state index in [1.54, 1.807) is 0 Å². The van der Waals surface area contributed by atoms with Crippen LogP contribution in [0.3, 0.4) is 0 Å². The molecule has 1 N–H and O–H groups in total. The van der Waals surface area contributed by atoms with E-state index in [9.17, 15) is 14.7 Å². The Hall–Kier alpha value is -1.06. The number of carboxylic acid groups (broad SMARTS) is 1. The summed E-state index contributed by atoms with van der Waals surface area (Å²) in [6, 6.07) is -0.649. The van der Waals surface area contributed by atoms with Gasteiger partial charge in [-0.1, -0.05) is 39.5 Å². The molecule has 0 aromatic carbocycles. The quantitative estimate of drug-likeness (QED) is 0.633. The van der Waals surface area contributed by atoms with Gasteiger partial charge >= 0.3 is 5.97 Å². The minimum Gasteiger partial charge on any atom is -0.480 e. The second-order valence-corrected chi connectivity index (χ2v) is 4.42. The van der Waals surface area contributed by atoms with Crippen LogP contribution in [0.1, 0.15) is 59.3 Å². The SMILES string of the molecule is CCCCCCC(C(=O)O)N(CCC)C(C)=O. The molecule has 0 saturated carbocycles. The smallest absolute Gasteiger partial charge is 0.326 e. The van der Waals surface area contributed by atoms with E-state index >= 15 is 0 Å². The van der Waals surface area contributed by atoms with Gasteiger partial charge in [0.15, 0.2) is 0 Å². The fourth-order valence-corrected chi connectivity index (χ4v) is 1.95. The molecule has 0 bridgehead atoms. The third-order valence-electron chi connectivity index (χ3n) is 2.86. The van der Waals surface area contributed by atoms with Gasteiger partial charge in [0, 0.05) is 13.5 Å². The predicted octanol–water partition coefficient (Wildman–Crippen LogP) is 2.67. The summed E-state index contributed by atoms with van der Waals surface area (Å²) in [5.74, 6) is -1.03. The Labute approximate surface area is 104 Å². The van der Waals surface area contributed by atoms with Gasteiger partial charge in [0.2, 0.25) is 5.91 Å². The molecule has 4 heteroatoms. The summed E-state index contributed by atoms with van der Waals surface area (Å²) in [5.41, 5.74) is 0. The number of hydrogen-bond acceptors (Lipinski definition) is 2. The van der Waals surface area contributed by atoms with Gasteiger partial charge < -0.3 is 10.0 Å². The zero-order chi connectivity index (χ0) is 13.3. The first kappa shape index (κ1) is 15.9. The molecule has 0 aliphatic rings. The lowest BCUT2D eigenvalue weighted by Crippen LogP contribution is -2.44. The van der Waals surface area contributed by atoms with Crippen LogP contribution in [-0.2, 0) is 9.59 Å². The molecule has 0 rings (SSSR count). The van der Waals surface area contributed by atoms with Crippen molar-refractivity contribution in [3.05, 3.63) is 0 Å². The average molecular weight is 243 g/mol. The third-order valence-corrected chi connectivity index (χ3v) is 2.86. The molecule has 0 spiro atoms. The van der Waals surface area contributed by atoms with E-state index in [4.69, 9.17) is 0 Å². The Morgan fingerprint density at radius 1 is 1.12 bits per heavy atom. The molecule has 1 unspecified atom stereocenters. The Balaban J connectivity index is 4.36.